The van der Waals surface area contributed by atoms with Crippen molar-refractivity contribution in [2.24, 2.45) is 5.92 Å². The first-order valence-electron chi connectivity index (χ1n) is 4.78. The van der Waals surface area contributed by atoms with Crippen molar-refractivity contribution in [3.05, 3.63) is 29.6 Å². The number of carboxylic acid groups (broad SMARTS) is 1. The van der Waals surface area contributed by atoms with Crippen LogP contribution in [0.25, 0.3) is 0 Å². The summed E-state index contributed by atoms with van der Waals surface area (Å²) in [6, 6.07) is 3.16. The van der Waals surface area contributed by atoms with Crippen LogP contribution in [-0.4, -0.2) is 16.1 Å². The molecular weight excluding hydrogens is 178 g/mol. The third-order valence-electron chi connectivity index (χ3n) is 2.04. The van der Waals surface area contributed by atoms with E-state index in [1.807, 2.05) is 0 Å². The second kappa shape index (κ2) is 4.74. The number of rotatable bonds is 4. The predicted octanol–water partition coefficient (Wildman–Crippen LogP) is 2.37. The smallest absolute Gasteiger partial charge is 0.335 e. The fourth-order valence-electron chi connectivity index (χ4n) is 1.18. The number of carboxylic acids is 1. The Morgan fingerprint density at radius 3 is 2.86 bits per heavy atom. The summed E-state index contributed by atoms with van der Waals surface area (Å²) in [5, 5.41) is 8.76. The number of aryl methyl sites for hydroxylation is 1. The number of carbonyl (C=O) groups is 1. The topological polar surface area (TPSA) is 50.2 Å². The van der Waals surface area contributed by atoms with Crippen LogP contribution in [0, 0.1) is 5.92 Å². The van der Waals surface area contributed by atoms with E-state index in [1.165, 1.54) is 6.07 Å². The second-order valence-corrected chi connectivity index (χ2v) is 3.77. The molecule has 0 atom stereocenters. The lowest BCUT2D eigenvalue weighted by molar-refractivity contribution is 0.0696. The van der Waals surface area contributed by atoms with Gasteiger partial charge in [0.25, 0.3) is 0 Å². The maximum atomic E-state index is 10.7. The van der Waals surface area contributed by atoms with E-state index in [-0.39, 0.29) is 0 Å². The van der Waals surface area contributed by atoms with Gasteiger partial charge in [-0.2, -0.15) is 0 Å². The second-order valence-electron chi connectivity index (χ2n) is 3.77. The van der Waals surface area contributed by atoms with Gasteiger partial charge in [-0.25, -0.2) is 4.79 Å². The Morgan fingerprint density at radius 2 is 2.29 bits per heavy atom. The summed E-state index contributed by atoms with van der Waals surface area (Å²) in [7, 11) is 0. The summed E-state index contributed by atoms with van der Waals surface area (Å²) >= 11 is 0. The highest BCUT2D eigenvalue weighted by Crippen LogP contribution is 2.08. The molecule has 0 saturated carbocycles. The zero-order chi connectivity index (χ0) is 10.6. The summed E-state index contributed by atoms with van der Waals surface area (Å²) in [6.07, 6.45) is 3.44. The minimum absolute atomic E-state index is 0.318. The number of hydrogen-bond donors (Lipinski definition) is 1. The van der Waals surface area contributed by atoms with Crippen LogP contribution in [0.15, 0.2) is 18.3 Å². The van der Waals surface area contributed by atoms with Crippen molar-refractivity contribution in [3.63, 3.8) is 0 Å². The van der Waals surface area contributed by atoms with E-state index in [1.54, 1.807) is 12.3 Å². The van der Waals surface area contributed by atoms with Crippen molar-refractivity contribution in [1.82, 2.24) is 4.98 Å². The molecule has 3 nitrogen and oxygen atoms in total. The van der Waals surface area contributed by atoms with E-state index >= 15 is 0 Å². The van der Waals surface area contributed by atoms with Crippen molar-refractivity contribution in [3.8, 4) is 0 Å². The van der Waals surface area contributed by atoms with Gasteiger partial charge in [-0.1, -0.05) is 13.8 Å². The molecule has 0 fully saturated rings. The monoisotopic (exact) mass is 193 g/mol. The van der Waals surface area contributed by atoms with E-state index in [0.29, 0.717) is 11.5 Å². The lowest BCUT2D eigenvalue weighted by Crippen LogP contribution is -2.00. The van der Waals surface area contributed by atoms with Gasteiger partial charge in [0.15, 0.2) is 0 Å². The van der Waals surface area contributed by atoms with Gasteiger partial charge in [-0.3, -0.25) is 4.98 Å². The third-order valence-corrected chi connectivity index (χ3v) is 2.04. The van der Waals surface area contributed by atoms with Crippen molar-refractivity contribution in [2.45, 2.75) is 26.7 Å². The molecule has 76 valence electrons. The van der Waals surface area contributed by atoms with E-state index in [2.05, 4.69) is 18.8 Å². The van der Waals surface area contributed by atoms with Crippen molar-refractivity contribution >= 4 is 5.97 Å². The molecule has 0 aromatic carbocycles. The predicted molar refractivity (Wildman–Crippen MR) is 54.4 cm³/mol. The Kier molecular flexibility index (Phi) is 3.63. The lowest BCUT2D eigenvalue weighted by atomic mass is 10.1. The molecule has 1 rings (SSSR count). The summed E-state index contributed by atoms with van der Waals surface area (Å²) in [4.78, 5) is 14.8. The quantitative estimate of drug-likeness (QED) is 0.798. The largest absolute Gasteiger partial charge is 0.478 e. The molecule has 1 heterocycles. The summed E-state index contributed by atoms with van der Waals surface area (Å²) < 4.78 is 0. The van der Waals surface area contributed by atoms with E-state index in [0.717, 1.165) is 18.5 Å². The molecule has 3 heteroatoms. The maximum Gasteiger partial charge on any atom is 0.335 e. The molecule has 0 amide bonds. The standard InChI is InChI=1S/C11H15NO2/c1-8(2)3-4-10-7-9(11(13)14)5-6-12-10/h5-8H,3-4H2,1-2H3,(H,13,14). The van der Waals surface area contributed by atoms with E-state index < -0.39 is 5.97 Å². The average molecular weight is 193 g/mol. The molecule has 0 radical (unpaired) electrons. The first kappa shape index (κ1) is 10.7. The molecule has 1 aromatic heterocycles. The zero-order valence-electron chi connectivity index (χ0n) is 8.53. The van der Waals surface area contributed by atoms with Crippen molar-refractivity contribution in [2.75, 3.05) is 0 Å². The molecule has 0 spiro atoms. The normalized spacial score (nSPS) is 10.5. The van der Waals surface area contributed by atoms with Crippen LogP contribution < -0.4 is 0 Å². The number of aromatic carboxylic acids is 1. The molecule has 14 heavy (non-hydrogen) atoms. The Labute approximate surface area is 83.8 Å². The molecular formula is C11H15NO2. The number of aromatic nitrogens is 1. The van der Waals surface area contributed by atoms with Gasteiger partial charge < -0.3 is 5.11 Å². The van der Waals surface area contributed by atoms with Crippen LogP contribution in [0.5, 0.6) is 0 Å². The van der Waals surface area contributed by atoms with Gasteiger partial charge in [0.1, 0.15) is 0 Å². The van der Waals surface area contributed by atoms with Crippen LogP contribution in [0.1, 0.15) is 36.3 Å². The summed E-state index contributed by atoms with van der Waals surface area (Å²) in [6.45, 7) is 4.28. The van der Waals surface area contributed by atoms with Crippen LogP contribution in [-0.2, 0) is 6.42 Å². The highest BCUT2D eigenvalue weighted by molar-refractivity contribution is 5.87. The van der Waals surface area contributed by atoms with E-state index in [4.69, 9.17) is 5.11 Å². The lowest BCUT2D eigenvalue weighted by Gasteiger charge is -2.04. The van der Waals surface area contributed by atoms with Gasteiger partial charge in [-0.15, -0.1) is 0 Å². The Morgan fingerprint density at radius 1 is 1.57 bits per heavy atom. The van der Waals surface area contributed by atoms with Gasteiger partial charge in [-0.05, 0) is 30.9 Å². The Hall–Kier alpha value is -1.38. The average Bonchev–Trinajstić information content (AvgIpc) is 2.15. The van der Waals surface area contributed by atoms with E-state index in [9.17, 15) is 4.79 Å². The molecule has 1 N–H and O–H groups in total. The zero-order valence-corrected chi connectivity index (χ0v) is 8.53. The van der Waals surface area contributed by atoms with Gasteiger partial charge >= 0.3 is 5.97 Å². The molecule has 0 unspecified atom stereocenters. The molecule has 0 aliphatic heterocycles. The first-order valence-corrected chi connectivity index (χ1v) is 4.78. The molecule has 0 aliphatic carbocycles. The molecule has 0 saturated heterocycles. The summed E-state index contributed by atoms with van der Waals surface area (Å²) in [5.74, 6) is -0.275. The number of pyridine rings is 1. The van der Waals surface area contributed by atoms with Crippen LogP contribution in [0.3, 0.4) is 0 Å². The first-order chi connectivity index (χ1) is 6.59. The minimum atomic E-state index is -0.891. The highest BCUT2D eigenvalue weighted by atomic mass is 16.4. The number of nitrogens with zero attached hydrogens (tertiary/aromatic N) is 1. The SMILES string of the molecule is CC(C)CCc1cc(C(=O)O)ccn1. The van der Waals surface area contributed by atoms with Crippen LogP contribution in [0.4, 0.5) is 0 Å². The van der Waals surface area contributed by atoms with Gasteiger partial charge in [0, 0.05) is 11.9 Å². The fraction of sp³-hybridized carbons (Fsp3) is 0.455. The highest BCUT2D eigenvalue weighted by Gasteiger charge is 2.04. The van der Waals surface area contributed by atoms with Crippen molar-refractivity contribution < 1.29 is 9.90 Å². The van der Waals surface area contributed by atoms with Gasteiger partial charge in [0.05, 0.1) is 5.56 Å². The maximum absolute atomic E-state index is 10.7. The minimum Gasteiger partial charge on any atom is -0.478 e. The Bertz CT molecular complexity index is 321. The molecule has 0 aliphatic rings. The Balaban J connectivity index is 2.69. The van der Waals surface area contributed by atoms with Gasteiger partial charge in [0.2, 0.25) is 0 Å². The molecule has 1 aromatic rings. The number of hydrogen-bond acceptors (Lipinski definition) is 2. The van der Waals surface area contributed by atoms with Crippen LogP contribution in [0.2, 0.25) is 0 Å². The van der Waals surface area contributed by atoms with Crippen molar-refractivity contribution in [1.29, 1.82) is 0 Å². The van der Waals surface area contributed by atoms with Crippen LogP contribution >= 0.6 is 0 Å². The summed E-state index contributed by atoms with van der Waals surface area (Å²) in [5.41, 5.74) is 1.18. The molecule has 0 bridgehead atoms. The fourth-order valence-corrected chi connectivity index (χ4v) is 1.18. The third kappa shape index (κ3) is 3.17.